The number of aromatic nitrogens is 3. The number of hydrogen-bond donors (Lipinski definition) is 0. The first-order chi connectivity index (χ1) is 12.4. The first kappa shape index (κ1) is 27.1. The van der Waals surface area contributed by atoms with Crippen molar-refractivity contribution in [2.45, 2.75) is 13.8 Å². The zero-order valence-corrected chi connectivity index (χ0v) is 16.1. The SMILES string of the molecule is CC(=O)[O-].CC(=O)[O-].O.[Cu+2].c1ccc(-c2cccc(-c3ccccn3)n2)nc1. The average molecular weight is 433 g/mol. The van der Waals surface area contributed by atoms with E-state index in [0.29, 0.717) is 0 Å². The van der Waals surface area contributed by atoms with Gasteiger partial charge in [-0.2, -0.15) is 0 Å². The quantitative estimate of drug-likeness (QED) is 0.512. The number of carbonyl (C=O) groups excluding carboxylic acids is 2. The molecule has 0 bridgehead atoms. The van der Waals surface area contributed by atoms with E-state index in [9.17, 15) is 0 Å². The average Bonchev–Trinajstić information content (AvgIpc) is 2.62. The van der Waals surface area contributed by atoms with Crippen molar-refractivity contribution in [2.24, 2.45) is 0 Å². The van der Waals surface area contributed by atoms with Crippen LogP contribution in [0.4, 0.5) is 0 Å². The van der Waals surface area contributed by atoms with Gasteiger partial charge in [-0.05, 0) is 50.2 Å². The Bertz CT molecular complexity index is 758. The summed E-state index contributed by atoms with van der Waals surface area (Å²) in [6.07, 6.45) is 3.54. The molecule has 1 radical (unpaired) electrons. The van der Waals surface area contributed by atoms with Crippen LogP contribution in [0.15, 0.2) is 67.0 Å². The summed E-state index contributed by atoms with van der Waals surface area (Å²) >= 11 is 0. The Labute approximate surface area is 173 Å². The molecular formula is C19H19CuN3O5. The number of rotatable bonds is 2. The van der Waals surface area contributed by atoms with E-state index in [1.165, 1.54) is 0 Å². The summed E-state index contributed by atoms with van der Waals surface area (Å²) in [7, 11) is 0. The number of hydrogen-bond acceptors (Lipinski definition) is 7. The van der Waals surface area contributed by atoms with Crippen molar-refractivity contribution in [2.75, 3.05) is 0 Å². The molecule has 0 saturated heterocycles. The van der Waals surface area contributed by atoms with Crippen molar-refractivity contribution in [1.29, 1.82) is 0 Å². The minimum Gasteiger partial charge on any atom is -0.550 e. The summed E-state index contributed by atoms with van der Waals surface area (Å²) in [6.45, 7) is 1.94. The molecular weight excluding hydrogens is 414 g/mol. The minimum absolute atomic E-state index is 0. The molecule has 151 valence electrons. The molecule has 3 heterocycles. The summed E-state index contributed by atoms with van der Waals surface area (Å²) in [5, 5.41) is 17.8. The maximum Gasteiger partial charge on any atom is 2.00 e. The van der Waals surface area contributed by atoms with Crippen LogP contribution in [0, 0.1) is 0 Å². The number of aliphatic carboxylic acids is 2. The number of nitrogens with zero attached hydrogens (tertiary/aromatic N) is 3. The van der Waals surface area contributed by atoms with Gasteiger partial charge in [0.05, 0.1) is 22.8 Å². The molecule has 0 aliphatic rings. The van der Waals surface area contributed by atoms with Crippen molar-refractivity contribution in [3.8, 4) is 22.8 Å². The van der Waals surface area contributed by atoms with Gasteiger partial charge in [-0.25, -0.2) is 4.98 Å². The van der Waals surface area contributed by atoms with Gasteiger partial charge < -0.3 is 25.3 Å². The predicted octanol–water partition coefficient (Wildman–Crippen LogP) is -0.109. The molecule has 0 unspecified atom stereocenters. The third-order valence-corrected chi connectivity index (χ3v) is 2.60. The fraction of sp³-hybridized carbons (Fsp3) is 0.105. The van der Waals surface area contributed by atoms with Crippen LogP contribution >= 0.6 is 0 Å². The fourth-order valence-corrected chi connectivity index (χ4v) is 1.75. The van der Waals surface area contributed by atoms with Crippen LogP contribution in [0.5, 0.6) is 0 Å². The molecule has 2 N–H and O–H groups in total. The number of carboxylic acid groups (broad SMARTS) is 2. The van der Waals surface area contributed by atoms with Crippen molar-refractivity contribution < 1.29 is 42.3 Å². The maximum atomic E-state index is 8.89. The second-order valence-electron chi connectivity index (χ2n) is 4.82. The van der Waals surface area contributed by atoms with E-state index < -0.39 is 11.9 Å². The third-order valence-electron chi connectivity index (χ3n) is 2.60. The van der Waals surface area contributed by atoms with E-state index in [0.717, 1.165) is 36.6 Å². The van der Waals surface area contributed by atoms with Crippen molar-refractivity contribution in [1.82, 2.24) is 15.0 Å². The molecule has 0 spiro atoms. The minimum atomic E-state index is -1.08. The van der Waals surface area contributed by atoms with Crippen LogP contribution in [0.25, 0.3) is 22.8 Å². The molecule has 0 fully saturated rings. The van der Waals surface area contributed by atoms with E-state index in [1.54, 1.807) is 12.4 Å². The van der Waals surface area contributed by atoms with Gasteiger partial charge in [0, 0.05) is 24.3 Å². The van der Waals surface area contributed by atoms with Crippen LogP contribution in [-0.2, 0) is 26.7 Å². The Morgan fingerprint density at radius 1 is 0.679 bits per heavy atom. The van der Waals surface area contributed by atoms with E-state index >= 15 is 0 Å². The van der Waals surface area contributed by atoms with Gasteiger partial charge >= 0.3 is 17.1 Å². The zero-order chi connectivity index (χ0) is 19.4. The molecule has 0 aromatic carbocycles. The first-order valence-corrected chi connectivity index (χ1v) is 7.55. The molecule has 3 rings (SSSR count). The Balaban J connectivity index is 0. The van der Waals surface area contributed by atoms with Gasteiger partial charge in [0.15, 0.2) is 0 Å². The molecule has 28 heavy (non-hydrogen) atoms. The first-order valence-electron chi connectivity index (χ1n) is 7.55. The smallest absolute Gasteiger partial charge is 0.550 e. The molecule has 3 aromatic rings. The summed E-state index contributed by atoms with van der Waals surface area (Å²) in [4.78, 5) is 31.0. The Kier molecular flexibility index (Phi) is 14.5. The van der Waals surface area contributed by atoms with Gasteiger partial charge in [-0.3, -0.25) is 9.97 Å². The Morgan fingerprint density at radius 2 is 1.00 bits per heavy atom. The predicted molar refractivity (Wildman–Crippen MR) is 95.7 cm³/mol. The number of carbonyl (C=O) groups is 2. The fourth-order valence-electron chi connectivity index (χ4n) is 1.75. The normalized spacial score (nSPS) is 8.36. The molecule has 0 aliphatic carbocycles. The van der Waals surface area contributed by atoms with Crippen LogP contribution in [0.2, 0.25) is 0 Å². The standard InChI is InChI=1S/C15H11N3.2C2H4O2.Cu.H2O/c1-3-10-16-12(6-1)14-8-5-9-15(18-14)13-7-2-4-11-17-13;2*1-2(3)4;;/h1-11H;2*1H3,(H,3,4);;1H2/q;;;+2;/p-2. The van der Waals surface area contributed by atoms with Crippen molar-refractivity contribution >= 4 is 11.9 Å². The molecule has 8 nitrogen and oxygen atoms in total. The summed E-state index contributed by atoms with van der Waals surface area (Å²) in [6, 6.07) is 17.5. The summed E-state index contributed by atoms with van der Waals surface area (Å²) < 4.78 is 0. The van der Waals surface area contributed by atoms with Gasteiger partial charge in [0.1, 0.15) is 0 Å². The maximum absolute atomic E-state index is 8.89. The molecule has 3 aromatic heterocycles. The second-order valence-corrected chi connectivity index (χ2v) is 4.82. The van der Waals surface area contributed by atoms with Gasteiger partial charge in [-0.15, -0.1) is 0 Å². The van der Waals surface area contributed by atoms with Crippen LogP contribution < -0.4 is 10.2 Å². The van der Waals surface area contributed by atoms with E-state index in [2.05, 4.69) is 15.0 Å². The molecule has 0 atom stereocenters. The van der Waals surface area contributed by atoms with Crippen molar-refractivity contribution in [3.63, 3.8) is 0 Å². The van der Waals surface area contributed by atoms with Crippen LogP contribution in [0.3, 0.4) is 0 Å². The molecule has 9 heteroatoms. The van der Waals surface area contributed by atoms with Gasteiger partial charge in [0.25, 0.3) is 0 Å². The Morgan fingerprint density at radius 3 is 1.29 bits per heavy atom. The van der Waals surface area contributed by atoms with Gasteiger partial charge in [-0.1, -0.05) is 18.2 Å². The van der Waals surface area contributed by atoms with E-state index in [1.807, 2.05) is 54.6 Å². The zero-order valence-electron chi connectivity index (χ0n) is 15.1. The molecule has 0 saturated carbocycles. The van der Waals surface area contributed by atoms with Crippen LogP contribution in [-0.4, -0.2) is 32.4 Å². The second kappa shape index (κ2) is 15.0. The molecule has 0 aliphatic heterocycles. The summed E-state index contributed by atoms with van der Waals surface area (Å²) in [5.74, 6) is -2.17. The summed E-state index contributed by atoms with van der Waals surface area (Å²) in [5.41, 5.74) is 3.46. The van der Waals surface area contributed by atoms with Crippen molar-refractivity contribution in [3.05, 3.63) is 67.0 Å². The number of carboxylic acids is 2. The molecule has 0 amide bonds. The third kappa shape index (κ3) is 11.5. The monoisotopic (exact) mass is 432 g/mol. The van der Waals surface area contributed by atoms with E-state index in [-0.39, 0.29) is 22.5 Å². The topological polar surface area (TPSA) is 150 Å². The largest absolute Gasteiger partial charge is 2.00 e. The van der Waals surface area contributed by atoms with Crippen LogP contribution in [0.1, 0.15) is 13.8 Å². The Hall–Kier alpha value is -3.13. The van der Waals surface area contributed by atoms with E-state index in [4.69, 9.17) is 19.8 Å². The number of pyridine rings is 3. The van der Waals surface area contributed by atoms with Gasteiger partial charge in [0.2, 0.25) is 0 Å².